The molecule has 0 atom stereocenters. The minimum Gasteiger partial charge on any atom is -0.482 e. The van der Waals surface area contributed by atoms with Crippen LogP contribution in [0.5, 0.6) is 5.75 Å². The van der Waals surface area contributed by atoms with Crippen molar-refractivity contribution in [1.29, 1.82) is 0 Å². The number of aromatic nitrogens is 1. The van der Waals surface area contributed by atoms with E-state index in [1.165, 1.54) is 17.0 Å². The molecule has 0 fully saturated rings. The van der Waals surface area contributed by atoms with Crippen molar-refractivity contribution in [2.24, 2.45) is 0 Å². The summed E-state index contributed by atoms with van der Waals surface area (Å²) in [6, 6.07) is 8.00. The Morgan fingerprint density at radius 3 is 2.54 bits per heavy atom. The SMILES string of the molecule is CN1Cc2nc(Nc3ccc(C(F)(F)F)cc3)ccc2OCC1=O. The molecule has 24 heavy (non-hydrogen) atoms. The third-order valence-electron chi connectivity index (χ3n) is 3.58. The molecular formula is C16H14F3N3O2. The number of ether oxygens (including phenoxy) is 1. The number of pyridine rings is 1. The number of halogens is 3. The standard InChI is InChI=1S/C16H14F3N3O2/c1-22-8-12-13(24-9-15(22)23)6-7-14(21-12)20-11-4-2-10(3-5-11)16(17,18)19/h2-7H,8-9H2,1H3,(H,20,21). The minimum atomic E-state index is -4.37. The van der Waals surface area contributed by atoms with Gasteiger partial charge >= 0.3 is 6.18 Å². The van der Waals surface area contributed by atoms with Crippen molar-refractivity contribution in [3.05, 3.63) is 47.7 Å². The Morgan fingerprint density at radius 2 is 1.88 bits per heavy atom. The van der Waals surface area contributed by atoms with Crippen molar-refractivity contribution in [3.8, 4) is 5.75 Å². The molecule has 1 aliphatic heterocycles. The van der Waals surface area contributed by atoms with E-state index >= 15 is 0 Å². The molecule has 0 radical (unpaired) electrons. The van der Waals surface area contributed by atoms with Crippen LogP contribution in [0, 0.1) is 0 Å². The predicted octanol–water partition coefficient (Wildman–Crippen LogP) is 3.19. The number of alkyl halides is 3. The summed E-state index contributed by atoms with van der Waals surface area (Å²) in [4.78, 5) is 17.5. The Bertz CT molecular complexity index is 760. The topological polar surface area (TPSA) is 54.5 Å². The van der Waals surface area contributed by atoms with Gasteiger partial charge < -0.3 is 15.0 Å². The molecule has 1 amide bonds. The van der Waals surface area contributed by atoms with Gasteiger partial charge in [0.1, 0.15) is 17.3 Å². The van der Waals surface area contributed by atoms with E-state index in [2.05, 4.69) is 10.3 Å². The second-order valence-electron chi connectivity index (χ2n) is 5.38. The Morgan fingerprint density at radius 1 is 1.17 bits per heavy atom. The molecule has 1 aromatic heterocycles. The second-order valence-corrected chi connectivity index (χ2v) is 5.38. The van der Waals surface area contributed by atoms with E-state index in [9.17, 15) is 18.0 Å². The maximum Gasteiger partial charge on any atom is 0.416 e. The summed E-state index contributed by atoms with van der Waals surface area (Å²) in [6.45, 7) is 0.257. The molecule has 0 saturated heterocycles. The zero-order chi connectivity index (χ0) is 17.3. The van der Waals surface area contributed by atoms with Gasteiger partial charge in [-0.1, -0.05) is 0 Å². The van der Waals surface area contributed by atoms with E-state index in [0.29, 0.717) is 29.5 Å². The normalized spacial score (nSPS) is 14.7. The number of likely N-dealkylation sites (N-methyl/N-ethyl adjacent to an activating group) is 1. The number of rotatable bonds is 2. The number of anilines is 2. The first-order valence-electron chi connectivity index (χ1n) is 7.14. The van der Waals surface area contributed by atoms with Crippen molar-refractivity contribution < 1.29 is 22.7 Å². The van der Waals surface area contributed by atoms with Gasteiger partial charge in [0.15, 0.2) is 6.61 Å². The number of hydrogen-bond acceptors (Lipinski definition) is 4. The fourth-order valence-electron chi connectivity index (χ4n) is 2.26. The van der Waals surface area contributed by atoms with Gasteiger partial charge in [0.25, 0.3) is 5.91 Å². The third kappa shape index (κ3) is 3.42. The van der Waals surface area contributed by atoms with Crippen LogP contribution < -0.4 is 10.1 Å². The summed E-state index contributed by atoms with van der Waals surface area (Å²) < 4.78 is 43.1. The third-order valence-corrected chi connectivity index (χ3v) is 3.58. The average Bonchev–Trinajstić information content (AvgIpc) is 2.66. The van der Waals surface area contributed by atoms with Crippen molar-refractivity contribution in [1.82, 2.24) is 9.88 Å². The van der Waals surface area contributed by atoms with Crippen molar-refractivity contribution in [2.75, 3.05) is 19.0 Å². The van der Waals surface area contributed by atoms with Crippen molar-refractivity contribution >= 4 is 17.4 Å². The van der Waals surface area contributed by atoms with E-state index < -0.39 is 11.7 Å². The van der Waals surface area contributed by atoms with Gasteiger partial charge in [0.2, 0.25) is 0 Å². The molecule has 0 unspecified atom stereocenters. The molecule has 0 bridgehead atoms. The van der Waals surface area contributed by atoms with E-state index in [0.717, 1.165) is 12.1 Å². The molecule has 2 aromatic rings. The minimum absolute atomic E-state index is 0.0448. The molecule has 1 N–H and O–H groups in total. The first-order valence-corrected chi connectivity index (χ1v) is 7.14. The van der Waals surface area contributed by atoms with Gasteiger partial charge in [-0.25, -0.2) is 4.98 Å². The quantitative estimate of drug-likeness (QED) is 0.914. The van der Waals surface area contributed by atoms with E-state index in [1.807, 2.05) is 0 Å². The van der Waals surface area contributed by atoms with Crippen LogP contribution in [0.15, 0.2) is 36.4 Å². The molecule has 2 heterocycles. The molecule has 5 nitrogen and oxygen atoms in total. The molecule has 1 aromatic carbocycles. The van der Waals surface area contributed by atoms with E-state index in [-0.39, 0.29) is 12.5 Å². The number of hydrogen-bond donors (Lipinski definition) is 1. The highest BCUT2D eigenvalue weighted by Crippen LogP contribution is 2.30. The zero-order valence-electron chi connectivity index (χ0n) is 12.7. The fraction of sp³-hybridized carbons (Fsp3) is 0.250. The number of nitrogens with zero attached hydrogens (tertiary/aromatic N) is 2. The van der Waals surface area contributed by atoms with Crippen LogP contribution in [-0.2, 0) is 17.5 Å². The smallest absolute Gasteiger partial charge is 0.416 e. The monoisotopic (exact) mass is 337 g/mol. The van der Waals surface area contributed by atoms with Crippen LogP contribution in [0.4, 0.5) is 24.7 Å². The molecule has 3 rings (SSSR count). The summed E-state index contributed by atoms with van der Waals surface area (Å²) in [6.07, 6.45) is -4.37. The van der Waals surface area contributed by atoms with Gasteiger partial charge in [-0.3, -0.25) is 4.79 Å². The van der Waals surface area contributed by atoms with Crippen LogP contribution in [0.1, 0.15) is 11.3 Å². The summed E-state index contributed by atoms with van der Waals surface area (Å²) >= 11 is 0. The lowest BCUT2D eigenvalue weighted by Gasteiger charge is -2.13. The highest BCUT2D eigenvalue weighted by Gasteiger charge is 2.30. The van der Waals surface area contributed by atoms with Crippen LogP contribution in [0.2, 0.25) is 0 Å². The zero-order valence-corrected chi connectivity index (χ0v) is 12.7. The molecule has 126 valence electrons. The van der Waals surface area contributed by atoms with Gasteiger partial charge in [-0.05, 0) is 36.4 Å². The maximum absolute atomic E-state index is 12.6. The van der Waals surface area contributed by atoms with Gasteiger partial charge in [-0.2, -0.15) is 13.2 Å². The Hall–Kier alpha value is -2.77. The second kappa shape index (κ2) is 6.03. The molecule has 0 spiro atoms. The van der Waals surface area contributed by atoms with Crippen LogP contribution >= 0.6 is 0 Å². The average molecular weight is 337 g/mol. The summed E-state index contributed by atoms with van der Waals surface area (Å²) in [7, 11) is 1.65. The number of carbonyl (C=O) groups is 1. The Labute approximate surface area is 136 Å². The number of amides is 1. The Kier molecular flexibility index (Phi) is 4.04. The summed E-state index contributed by atoms with van der Waals surface area (Å²) in [5.41, 5.74) is 0.353. The summed E-state index contributed by atoms with van der Waals surface area (Å²) in [5.74, 6) is 0.829. The van der Waals surface area contributed by atoms with Gasteiger partial charge in [0, 0.05) is 12.7 Å². The molecule has 0 aliphatic carbocycles. The fourth-order valence-corrected chi connectivity index (χ4v) is 2.26. The van der Waals surface area contributed by atoms with Crippen molar-refractivity contribution in [3.63, 3.8) is 0 Å². The van der Waals surface area contributed by atoms with E-state index in [1.54, 1.807) is 19.2 Å². The highest BCUT2D eigenvalue weighted by molar-refractivity contribution is 5.78. The molecule has 1 aliphatic rings. The highest BCUT2D eigenvalue weighted by atomic mass is 19.4. The first-order chi connectivity index (χ1) is 11.3. The van der Waals surface area contributed by atoms with Crippen molar-refractivity contribution in [2.45, 2.75) is 12.7 Å². The Balaban J connectivity index is 1.79. The number of benzene rings is 1. The molecule has 0 saturated carbocycles. The lowest BCUT2D eigenvalue weighted by atomic mass is 10.2. The van der Waals surface area contributed by atoms with Crippen LogP contribution in [0.25, 0.3) is 0 Å². The number of carbonyl (C=O) groups excluding carboxylic acids is 1. The predicted molar refractivity (Wildman–Crippen MR) is 80.9 cm³/mol. The maximum atomic E-state index is 12.6. The van der Waals surface area contributed by atoms with Crippen LogP contribution in [-0.4, -0.2) is 29.4 Å². The number of nitrogens with one attached hydrogen (secondary N) is 1. The van der Waals surface area contributed by atoms with Gasteiger partial charge in [-0.15, -0.1) is 0 Å². The lowest BCUT2D eigenvalue weighted by Crippen LogP contribution is -2.28. The van der Waals surface area contributed by atoms with E-state index in [4.69, 9.17) is 4.74 Å². The largest absolute Gasteiger partial charge is 0.482 e. The molecule has 8 heteroatoms. The molecular weight excluding hydrogens is 323 g/mol. The number of fused-ring (bicyclic) bond motifs is 1. The van der Waals surface area contributed by atoms with Crippen LogP contribution in [0.3, 0.4) is 0 Å². The summed E-state index contributed by atoms with van der Waals surface area (Å²) in [5, 5.41) is 2.94. The first kappa shape index (κ1) is 16.1. The lowest BCUT2D eigenvalue weighted by molar-refractivity contribution is -0.137. The van der Waals surface area contributed by atoms with Gasteiger partial charge in [0.05, 0.1) is 12.1 Å².